The first-order valence-corrected chi connectivity index (χ1v) is 7.38. The fraction of sp³-hybridized carbons (Fsp3) is 0.471. The molecule has 0 aliphatic carbocycles. The van der Waals surface area contributed by atoms with E-state index in [2.05, 4.69) is 31.1 Å². The van der Waals surface area contributed by atoms with Gasteiger partial charge in [-0.25, -0.2) is 0 Å². The number of carbonyl (C=O) groups excluding carboxylic acids is 1. The predicted molar refractivity (Wildman–Crippen MR) is 86.3 cm³/mol. The van der Waals surface area contributed by atoms with Gasteiger partial charge in [-0.05, 0) is 37.1 Å². The molecule has 0 saturated heterocycles. The quantitative estimate of drug-likeness (QED) is 0.687. The Balaban J connectivity index is 2.43. The van der Waals surface area contributed by atoms with Crippen LogP contribution < -0.4 is 15.4 Å². The molecule has 1 atom stereocenters. The molecule has 2 N–H and O–H groups in total. The smallest absolute Gasteiger partial charge is 0.261 e. The third kappa shape index (κ3) is 6.95. The van der Waals surface area contributed by atoms with E-state index in [0.717, 1.165) is 13.1 Å². The van der Waals surface area contributed by atoms with E-state index < -0.39 is 6.10 Å². The van der Waals surface area contributed by atoms with Crippen molar-refractivity contribution in [3.8, 4) is 5.75 Å². The summed E-state index contributed by atoms with van der Waals surface area (Å²) in [6.45, 7) is 11.9. The summed E-state index contributed by atoms with van der Waals surface area (Å²) in [5.74, 6) is 1.20. The molecule has 1 unspecified atom stereocenters. The Morgan fingerprint density at radius 2 is 1.95 bits per heavy atom. The van der Waals surface area contributed by atoms with Crippen LogP contribution >= 0.6 is 0 Å². The average Bonchev–Trinajstić information content (AvgIpc) is 2.46. The molecule has 0 saturated carbocycles. The van der Waals surface area contributed by atoms with Crippen LogP contribution in [-0.4, -0.2) is 25.1 Å². The van der Waals surface area contributed by atoms with E-state index in [4.69, 9.17) is 4.74 Å². The Kier molecular flexibility index (Phi) is 7.54. The van der Waals surface area contributed by atoms with Crippen LogP contribution in [0, 0.1) is 5.92 Å². The first kappa shape index (κ1) is 17.2. The van der Waals surface area contributed by atoms with Gasteiger partial charge >= 0.3 is 0 Å². The van der Waals surface area contributed by atoms with Crippen molar-refractivity contribution >= 4 is 5.91 Å². The van der Waals surface area contributed by atoms with Gasteiger partial charge in [0.25, 0.3) is 5.91 Å². The second kappa shape index (κ2) is 9.19. The zero-order valence-corrected chi connectivity index (χ0v) is 13.2. The lowest BCUT2D eigenvalue weighted by Gasteiger charge is -2.14. The van der Waals surface area contributed by atoms with Gasteiger partial charge < -0.3 is 15.4 Å². The lowest BCUT2D eigenvalue weighted by Crippen LogP contribution is -2.36. The molecule has 0 bridgehead atoms. The highest BCUT2D eigenvalue weighted by atomic mass is 16.5. The summed E-state index contributed by atoms with van der Waals surface area (Å²) in [5.41, 5.74) is 1.20. The van der Waals surface area contributed by atoms with E-state index in [-0.39, 0.29) is 5.91 Å². The number of carbonyl (C=O) groups is 1. The van der Waals surface area contributed by atoms with Crippen molar-refractivity contribution in [1.29, 1.82) is 0 Å². The Morgan fingerprint density at radius 1 is 1.29 bits per heavy atom. The van der Waals surface area contributed by atoms with Crippen LogP contribution in [0.2, 0.25) is 0 Å². The number of hydrogen-bond acceptors (Lipinski definition) is 3. The molecule has 0 spiro atoms. The summed E-state index contributed by atoms with van der Waals surface area (Å²) in [4.78, 5) is 11.7. The highest BCUT2D eigenvalue weighted by molar-refractivity contribution is 5.80. The van der Waals surface area contributed by atoms with Gasteiger partial charge in [0.2, 0.25) is 0 Å². The van der Waals surface area contributed by atoms with Crippen molar-refractivity contribution in [2.75, 3.05) is 13.1 Å². The molecule has 0 fully saturated rings. The zero-order valence-electron chi connectivity index (χ0n) is 13.2. The molecular formula is C17H26N2O2. The highest BCUT2D eigenvalue weighted by Crippen LogP contribution is 2.14. The molecule has 1 amide bonds. The Hall–Kier alpha value is -1.81. The van der Waals surface area contributed by atoms with E-state index in [9.17, 15) is 4.79 Å². The normalized spacial score (nSPS) is 12.0. The summed E-state index contributed by atoms with van der Waals surface area (Å²) in [6.07, 6.45) is 1.12. The highest BCUT2D eigenvalue weighted by Gasteiger charge is 2.13. The number of rotatable bonds is 9. The molecule has 4 heteroatoms. The molecule has 1 aromatic carbocycles. The van der Waals surface area contributed by atoms with Gasteiger partial charge in [-0.1, -0.05) is 32.1 Å². The molecule has 1 rings (SSSR count). The number of nitrogens with one attached hydrogen (secondary N) is 2. The third-order valence-electron chi connectivity index (χ3n) is 2.91. The first-order valence-electron chi connectivity index (χ1n) is 7.38. The van der Waals surface area contributed by atoms with Crippen LogP contribution in [0.15, 0.2) is 36.9 Å². The standard InChI is InChI=1S/C17H26N2O2/c1-5-10-19-17(20)14(4)21-16-8-6-15(7-9-16)12-18-11-13(2)3/h5-9,13-14,18H,1,10-12H2,2-4H3,(H,19,20). The lowest BCUT2D eigenvalue weighted by atomic mass is 10.2. The number of benzene rings is 1. The van der Waals surface area contributed by atoms with Crippen molar-refractivity contribution < 1.29 is 9.53 Å². The summed E-state index contributed by atoms with van der Waals surface area (Å²) in [5, 5.41) is 6.10. The van der Waals surface area contributed by atoms with Crippen LogP contribution in [0.1, 0.15) is 26.3 Å². The largest absolute Gasteiger partial charge is 0.481 e. The minimum Gasteiger partial charge on any atom is -0.481 e. The predicted octanol–water partition coefficient (Wildman–Crippen LogP) is 2.50. The van der Waals surface area contributed by atoms with Crippen molar-refractivity contribution in [2.45, 2.75) is 33.4 Å². The van der Waals surface area contributed by atoms with Crippen LogP contribution in [0.25, 0.3) is 0 Å². The zero-order chi connectivity index (χ0) is 15.7. The summed E-state index contributed by atoms with van der Waals surface area (Å²) >= 11 is 0. The van der Waals surface area contributed by atoms with E-state index in [1.165, 1.54) is 5.56 Å². The molecule has 0 aromatic heterocycles. The second-order valence-corrected chi connectivity index (χ2v) is 5.46. The lowest BCUT2D eigenvalue weighted by molar-refractivity contribution is -0.127. The van der Waals surface area contributed by atoms with E-state index in [0.29, 0.717) is 18.2 Å². The first-order chi connectivity index (χ1) is 10.0. The molecule has 0 aliphatic heterocycles. The van der Waals surface area contributed by atoms with Gasteiger partial charge in [0.05, 0.1) is 0 Å². The average molecular weight is 290 g/mol. The fourth-order valence-electron chi connectivity index (χ4n) is 1.77. The Morgan fingerprint density at radius 3 is 2.52 bits per heavy atom. The topological polar surface area (TPSA) is 50.4 Å². The molecule has 21 heavy (non-hydrogen) atoms. The summed E-state index contributed by atoms with van der Waals surface area (Å²) in [6, 6.07) is 7.81. The van der Waals surface area contributed by atoms with Gasteiger partial charge in [0, 0.05) is 13.1 Å². The number of ether oxygens (including phenoxy) is 1. The fourth-order valence-corrected chi connectivity index (χ4v) is 1.77. The van der Waals surface area contributed by atoms with Gasteiger partial charge in [-0.15, -0.1) is 6.58 Å². The van der Waals surface area contributed by atoms with Crippen molar-refractivity contribution in [1.82, 2.24) is 10.6 Å². The maximum Gasteiger partial charge on any atom is 0.261 e. The Labute approximate surface area is 127 Å². The van der Waals surface area contributed by atoms with Gasteiger partial charge in [-0.2, -0.15) is 0 Å². The molecule has 0 radical (unpaired) electrons. The van der Waals surface area contributed by atoms with Crippen molar-refractivity contribution in [3.05, 3.63) is 42.5 Å². The monoisotopic (exact) mass is 290 g/mol. The molecule has 0 aliphatic rings. The minimum absolute atomic E-state index is 0.141. The second-order valence-electron chi connectivity index (χ2n) is 5.46. The van der Waals surface area contributed by atoms with Gasteiger partial charge in [-0.3, -0.25) is 4.79 Å². The molecule has 116 valence electrons. The van der Waals surface area contributed by atoms with Crippen LogP contribution in [-0.2, 0) is 11.3 Å². The number of hydrogen-bond donors (Lipinski definition) is 2. The van der Waals surface area contributed by atoms with E-state index in [1.807, 2.05) is 24.3 Å². The summed E-state index contributed by atoms with van der Waals surface area (Å²) in [7, 11) is 0. The SMILES string of the molecule is C=CCNC(=O)C(C)Oc1ccc(CNCC(C)C)cc1. The summed E-state index contributed by atoms with van der Waals surface area (Å²) < 4.78 is 5.60. The Bertz CT molecular complexity index is 441. The molecule has 0 heterocycles. The van der Waals surface area contributed by atoms with Crippen molar-refractivity contribution in [3.63, 3.8) is 0 Å². The maximum atomic E-state index is 11.7. The number of amides is 1. The molecule has 1 aromatic rings. The third-order valence-corrected chi connectivity index (χ3v) is 2.91. The van der Waals surface area contributed by atoms with Crippen LogP contribution in [0.5, 0.6) is 5.75 Å². The van der Waals surface area contributed by atoms with Crippen LogP contribution in [0.4, 0.5) is 0 Å². The van der Waals surface area contributed by atoms with E-state index in [1.54, 1.807) is 13.0 Å². The molecule has 4 nitrogen and oxygen atoms in total. The maximum absolute atomic E-state index is 11.7. The van der Waals surface area contributed by atoms with Gasteiger partial charge in [0.1, 0.15) is 5.75 Å². The molecular weight excluding hydrogens is 264 g/mol. The van der Waals surface area contributed by atoms with Crippen LogP contribution in [0.3, 0.4) is 0 Å². The van der Waals surface area contributed by atoms with E-state index >= 15 is 0 Å². The van der Waals surface area contributed by atoms with Crippen molar-refractivity contribution in [2.24, 2.45) is 5.92 Å². The minimum atomic E-state index is -0.519. The van der Waals surface area contributed by atoms with Gasteiger partial charge in [0.15, 0.2) is 6.10 Å².